The molecule has 0 radical (unpaired) electrons. The van der Waals surface area contributed by atoms with Gasteiger partial charge in [-0.15, -0.1) is 0 Å². The summed E-state index contributed by atoms with van der Waals surface area (Å²) in [6.45, 7) is 1.61. The second-order valence-electron chi connectivity index (χ2n) is 5.76. The van der Waals surface area contributed by atoms with E-state index in [9.17, 15) is 4.79 Å². The van der Waals surface area contributed by atoms with Crippen molar-refractivity contribution in [3.8, 4) is 0 Å². The number of ether oxygens (including phenoxy) is 1. The van der Waals surface area contributed by atoms with Crippen LogP contribution in [0.4, 0.5) is 0 Å². The summed E-state index contributed by atoms with van der Waals surface area (Å²) in [5.41, 5.74) is 2.17. The van der Waals surface area contributed by atoms with Crippen molar-refractivity contribution in [2.75, 3.05) is 19.7 Å². The summed E-state index contributed by atoms with van der Waals surface area (Å²) in [5, 5.41) is 0.600. The highest BCUT2D eigenvalue weighted by Gasteiger charge is 2.27. The standard InChI is InChI=1S/C18H16ClN3O2/c19-14-6-7-21-11-15(20-17(21)10-14)18(23)22-8-9-24-16(12-22)13-4-2-1-3-5-13/h1-7,10-11,16H,8-9,12H2. The van der Waals surface area contributed by atoms with Gasteiger partial charge in [0.25, 0.3) is 5.91 Å². The predicted octanol–water partition coefficient (Wildman–Crippen LogP) is 3.20. The fourth-order valence-corrected chi connectivity index (χ4v) is 3.08. The lowest BCUT2D eigenvalue weighted by Crippen LogP contribution is -2.42. The van der Waals surface area contributed by atoms with E-state index in [1.165, 1.54) is 0 Å². The Morgan fingerprint density at radius 1 is 1.25 bits per heavy atom. The molecule has 0 N–H and O–H groups in total. The van der Waals surface area contributed by atoms with Gasteiger partial charge in [-0.3, -0.25) is 4.79 Å². The third-order valence-corrected chi connectivity index (χ3v) is 4.40. The number of morpholine rings is 1. The van der Waals surface area contributed by atoms with Crippen LogP contribution in [0.1, 0.15) is 22.2 Å². The highest BCUT2D eigenvalue weighted by molar-refractivity contribution is 6.30. The minimum atomic E-state index is -0.102. The Labute approximate surface area is 144 Å². The molecule has 1 aromatic carbocycles. The summed E-state index contributed by atoms with van der Waals surface area (Å²) in [6.07, 6.45) is 3.43. The van der Waals surface area contributed by atoms with Gasteiger partial charge in [0.05, 0.1) is 13.2 Å². The number of carbonyl (C=O) groups is 1. The minimum absolute atomic E-state index is 0.0842. The first-order chi connectivity index (χ1) is 11.7. The van der Waals surface area contributed by atoms with Gasteiger partial charge < -0.3 is 14.0 Å². The quantitative estimate of drug-likeness (QED) is 0.719. The first-order valence-corrected chi connectivity index (χ1v) is 8.18. The van der Waals surface area contributed by atoms with Gasteiger partial charge in [0.1, 0.15) is 17.4 Å². The molecule has 0 saturated carbocycles. The monoisotopic (exact) mass is 341 g/mol. The van der Waals surface area contributed by atoms with Crippen molar-refractivity contribution in [2.24, 2.45) is 0 Å². The van der Waals surface area contributed by atoms with Crippen LogP contribution in [0.3, 0.4) is 0 Å². The van der Waals surface area contributed by atoms with E-state index in [4.69, 9.17) is 16.3 Å². The van der Waals surface area contributed by atoms with E-state index >= 15 is 0 Å². The van der Waals surface area contributed by atoms with Gasteiger partial charge in [0, 0.05) is 30.0 Å². The predicted molar refractivity (Wildman–Crippen MR) is 91.2 cm³/mol. The molecule has 5 nitrogen and oxygen atoms in total. The number of hydrogen-bond acceptors (Lipinski definition) is 3. The van der Waals surface area contributed by atoms with Gasteiger partial charge in [-0.05, 0) is 11.6 Å². The smallest absolute Gasteiger partial charge is 0.274 e. The number of amides is 1. The van der Waals surface area contributed by atoms with Gasteiger partial charge in [-0.1, -0.05) is 41.9 Å². The molecule has 1 aliphatic heterocycles. The molecule has 0 aliphatic carbocycles. The van der Waals surface area contributed by atoms with Crippen LogP contribution >= 0.6 is 11.6 Å². The number of nitrogens with zero attached hydrogens (tertiary/aromatic N) is 3. The molecule has 0 bridgehead atoms. The molecule has 122 valence electrons. The van der Waals surface area contributed by atoms with E-state index in [0.29, 0.717) is 36.1 Å². The number of aromatic nitrogens is 2. The van der Waals surface area contributed by atoms with Crippen molar-refractivity contribution >= 4 is 23.2 Å². The molecule has 1 atom stereocenters. The number of benzene rings is 1. The summed E-state index contributed by atoms with van der Waals surface area (Å²) in [6, 6.07) is 13.5. The highest BCUT2D eigenvalue weighted by atomic mass is 35.5. The lowest BCUT2D eigenvalue weighted by atomic mass is 10.1. The third-order valence-electron chi connectivity index (χ3n) is 4.17. The maximum Gasteiger partial charge on any atom is 0.274 e. The van der Waals surface area contributed by atoms with E-state index in [1.54, 1.807) is 33.8 Å². The lowest BCUT2D eigenvalue weighted by Gasteiger charge is -2.32. The van der Waals surface area contributed by atoms with Gasteiger partial charge in [-0.2, -0.15) is 0 Å². The van der Waals surface area contributed by atoms with E-state index in [1.807, 2.05) is 30.3 Å². The molecule has 1 aliphatic rings. The number of pyridine rings is 1. The summed E-state index contributed by atoms with van der Waals surface area (Å²) in [7, 11) is 0. The first kappa shape index (κ1) is 15.2. The largest absolute Gasteiger partial charge is 0.370 e. The second-order valence-corrected chi connectivity index (χ2v) is 6.19. The molecule has 24 heavy (non-hydrogen) atoms. The number of rotatable bonds is 2. The maximum atomic E-state index is 12.8. The second kappa shape index (κ2) is 6.26. The van der Waals surface area contributed by atoms with E-state index < -0.39 is 0 Å². The lowest BCUT2D eigenvalue weighted by molar-refractivity contribution is -0.0229. The average molecular weight is 342 g/mol. The fraction of sp³-hybridized carbons (Fsp3) is 0.222. The van der Waals surface area contributed by atoms with E-state index in [0.717, 1.165) is 5.56 Å². The Hall–Kier alpha value is -2.37. The molecule has 1 unspecified atom stereocenters. The summed E-state index contributed by atoms with van der Waals surface area (Å²) < 4.78 is 7.62. The molecule has 3 heterocycles. The highest BCUT2D eigenvalue weighted by Crippen LogP contribution is 2.23. The molecule has 1 saturated heterocycles. The summed E-state index contributed by atoms with van der Waals surface area (Å²) in [5.74, 6) is -0.0842. The van der Waals surface area contributed by atoms with Gasteiger partial charge >= 0.3 is 0 Å². The molecule has 3 aromatic rings. The van der Waals surface area contributed by atoms with Crippen LogP contribution in [-0.2, 0) is 4.74 Å². The molecule has 6 heteroatoms. The van der Waals surface area contributed by atoms with Gasteiger partial charge in [0.2, 0.25) is 0 Å². The Morgan fingerprint density at radius 2 is 2.08 bits per heavy atom. The van der Waals surface area contributed by atoms with Crippen LogP contribution in [0.15, 0.2) is 54.9 Å². The summed E-state index contributed by atoms with van der Waals surface area (Å²) >= 11 is 5.98. The van der Waals surface area contributed by atoms with Gasteiger partial charge in [-0.25, -0.2) is 4.98 Å². The Kier molecular flexibility index (Phi) is 3.96. The van der Waals surface area contributed by atoms with Crippen molar-refractivity contribution in [3.63, 3.8) is 0 Å². The average Bonchev–Trinajstić information content (AvgIpc) is 3.05. The number of carbonyl (C=O) groups excluding carboxylic acids is 1. The number of fused-ring (bicyclic) bond motifs is 1. The molecule has 4 rings (SSSR count). The topological polar surface area (TPSA) is 46.8 Å². The maximum absolute atomic E-state index is 12.8. The Balaban J connectivity index is 1.56. The Bertz CT molecular complexity index is 878. The minimum Gasteiger partial charge on any atom is -0.370 e. The number of imidazole rings is 1. The molecular weight excluding hydrogens is 326 g/mol. The molecular formula is C18H16ClN3O2. The molecule has 2 aromatic heterocycles. The SMILES string of the molecule is O=C(c1cn2ccc(Cl)cc2n1)N1CCOC(c2ccccc2)C1. The van der Waals surface area contributed by atoms with Crippen molar-refractivity contribution < 1.29 is 9.53 Å². The molecule has 1 fully saturated rings. The number of halogens is 1. The van der Waals surface area contributed by atoms with Gasteiger partial charge in [0.15, 0.2) is 0 Å². The third kappa shape index (κ3) is 2.88. The van der Waals surface area contributed by atoms with E-state index in [-0.39, 0.29) is 12.0 Å². The van der Waals surface area contributed by atoms with Crippen LogP contribution in [-0.4, -0.2) is 39.9 Å². The number of hydrogen-bond donors (Lipinski definition) is 0. The molecule has 1 amide bonds. The normalized spacial score (nSPS) is 18.0. The van der Waals surface area contributed by atoms with Crippen LogP contribution in [0.2, 0.25) is 5.02 Å². The fourth-order valence-electron chi connectivity index (χ4n) is 2.93. The van der Waals surface area contributed by atoms with Crippen molar-refractivity contribution in [2.45, 2.75) is 6.10 Å². The first-order valence-electron chi connectivity index (χ1n) is 7.81. The van der Waals surface area contributed by atoms with Crippen molar-refractivity contribution in [1.29, 1.82) is 0 Å². The van der Waals surface area contributed by atoms with E-state index in [2.05, 4.69) is 4.98 Å². The summed E-state index contributed by atoms with van der Waals surface area (Å²) in [4.78, 5) is 19.0. The van der Waals surface area contributed by atoms with Crippen molar-refractivity contribution in [3.05, 3.63) is 71.1 Å². The Morgan fingerprint density at radius 3 is 2.92 bits per heavy atom. The van der Waals surface area contributed by atoms with Crippen molar-refractivity contribution in [1.82, 2.24) is 14.3 Å². The zero-order valence-electron chi connectivity index (χ0n) is 12.9. The van der Waals surface area contributed by atoms with Crippen LogP contribution < -0.4 is 0 Å². The zero-order chi connectivity index (χ0) is 16.5. The van der Waals surface area contributed by atoms with Crippen LogP contribution in [0.25, 0.3) is 5.65 Å². The molecule has 0 spiro atoms. The van der Waals surface area contributed by atoms with Crippen LogP contribution in [0, 0.1) is 0 Å². The zero-order valence-corrected chi connectivity index (χ0v) is 13.7. The van der Waals surface area contributed by atoms with Crippen LogP contribution in [0.5, 0.6) is 0 Å².